The van der Waals surface area contributed by atoms with Gasteiger partial charge in [-0.2, -0.15) is 0 Å². The van der Waals surface area contributed by atoms with Gasteiger partial charge in [-0.1, -0.05) is 12.1 Å². The summed E-state index contributed by atoms with van der Waals surface area (Å²) >= 11 is 0. The number of fused-ring (bicyclic) bond motifs is 2. The number of hydrogen-bond acceptors (Lipinski definition) is 4. The largest absolute Gasteiger partial charge is 0.460 e. The van der Waals surface area contributed by atoms with Gasteiger partial charge in [0.2, 0.25) is 5.91 Å². The van der Waals surface area contributed by atoms with E-state index in [4.69, 9.17) is 4.74 Å². The molecule has 5 nitrogen and oxygen atoms in total. The molecule has 2 bridgehead atoms. The molecule has 6 heteroatoms. The highest BCUT2D eigenvalue weighted by atomic mass is 19.1. The zero-order chi connectivity index (χ0) is 20.6. The summed E-state index contributed by atoms with van der Waals surface area (Å²) in [7, 11) is 1.78. The molecule has 0 saturated carbocycles. The van der Waals surface area contributed by atoms with E-state index in [-0.39, 0.29) is 41.7 Å². The quantitative estimate of drug-likeness (QED) is 0.722. The van der Waals surface area contributed by atoms with E-state index in [1.807, 2.05) is 27.7 Å². The highest BCUT2D eigenvalue weighted by Gasteiger charge is 2.50. The molecule has 4 atom stereocenters. The number of esters is 1. The normalized spacial score (nSPS) is 25.6. The highest BCUT2D eigenvalue weighted by Crippen LogP contribution is 2.42. The molecule has 0 N–H and O–H groups in total. The number of amides is 1. The Labute approximate surface area is 166 Å². The van der Waals surface area contributed by atoms with Gasteiger partial charge in [-0.3, -0.25) is 14.5 Å². The molecule has 2 heterocycles. The number of carbonyl (C=O) groups excluding carboxylic acids is 2. The minimum absolute atomic E-state index is 0.0126. The molecule has 1 aromatic carbocycles. The fraction of sp³-hybridized carbons (Fsp3) is 0.636. The molecule has 2 aliphatic rings. The molecule has 0 aliphatic carbocycles. The summed E-state index contributed by atoms with van der Waals surface area (Å²) in [5.74, 6) is -0.568. The van der Waals surface area contributed by atoms with Gasteiger partial charge in [-0.05, 0) is 64.7 Å². The van der Waals surface area contributed by atoms with Gasteiger partial charge in [0.25, 0.3) is 0 Å². The van der Waals surface area contributed by atoms with Crippen LogP contribution in [0.25, 0.3) is 0 Å². The van der Waals surface area contributed by atoms with Crippen LogP contribution >= 0.6 is 0 Å². The van der Waals surface area contributed by atoms with Crippen molar-refractivity contribution in [3.05, 3.63) is 35.6 Å². The molecule has 28 heavy (non-hydrogen) atoms. The summed E-state index contributed by atoms with van der Waals surface area (Å²) in [6.45, 7) is 7.88. The van der Waals surface area contributed by atoms with Crippen molar-refractivity contribution in [2.24, 2.45) is 5.92 Å². The lowest BCUT2D eigenvalue weighted by Crippen LogP contribution is -2.43. The van der Waals surface area contributed by atoms with Crippen LogP contribution in [0.5, 0.6) is 0 Å². The first-order valence-electron chi connectivity index (χ1n) is 10.1. The molecule has 0 unspecified atom stereocenters. The number of benzene rings is 1. The monoisotopic (exact) mass is 390 g/mol. The van der Waals surface area contributed by atoms with E-state index in [2.05, 4.69) is 4.90 Å². The number of hydrogen-bond donors (Lipinski definition) is 0. The molecule has 0 radical (unpaired) electrons. The minimum Gasteiger partial charge on any atom is -0.460 e. The zero-order valence-corrected chi connectivity index (χ0v) is 17.4. The van der Waals surface area contributed by atoms with Gasteiger partial charge < -0.3 is 9.64 Å². The molecular weight excluding hydrogens is 359 g/mol. The van der Waals surface area contributed by atoms with Crippen molar-refractivity contribution in [2.45, 2.75) is 70.7 Å². The number of rotatable bonds is 5. The molecule has 154 valence electrons. The van der Waals surface area contributed by atoms with Crippen LogP contribution in [-0.2, 0) is 14.3 Å². The van der Waals surface area contributed by atoms with Gasteiger partial charge in [0.05, 0.1) is 18.5 Å². The number of halogens is 1. The Morgan fingerprint density at radius 2 is 1.89 bits per heavy atom. The van der Waals surface area contributed by atoms with E-state index in [0.29, 0.717) is 6.54 Å². The third-order valence-corrected chi connectivity index (χ3v) is 6.04. The average molecular weight is 390 g/mol. The molecule has 0 aromatic heterocycles. The van der Waals surface area contributed by atoms with Gasteiger partial charge in [-0.15, -0.1) is 0 Å². The molecule has 2 aliphatic heterocycles. The van der Waals surface area contributed by atoms with Crippen LogP contribution in [0.15, 0.2) is 24.3 Å². The van der Waals surface area contributed by atoms with Crippen molar-refractivity contribution < 1.29 is 18.7 Å². The van der Waals surface area contributed by atoms with Gasteiger partial charge in [0, 0.05) is 19.1 Å². The van der Waals surface area contributed by atoms with Crippen LogP contribution in [-0.4, -0.2) is 53.0 Å². The van der Waals surface area contributed by atoms with Crippen molar-refractivity contribution in [2.75, 3.05) is 13.6 Å². The summed E-state index contributed by atoms with van der Waals surface area (Å²) in [6.07, 6.45) is 2.72. The number of nitrogens with zero attached hydrogens (tertiary/aromatic N) is 2. The maximum atomic E-state index is 13.2. The molecule has 2 saturated heterocycles. The molecule has 3 rings (SSSR count). The third kappa shape index (κ3) is 4.37. The summed E-state index contributed by atoms with van der Waals surface area (Å²) in [5.41, 5.74) is 0.401. The predicted molar refractivity (Wildman–Crippen MR) is 105 cm³/mol. The third-order valence-electron chi connectivity index (χ3n) is 6.04. The van der Waals surface area contributed by atoms with Crippen molar-refractivity contribution >= 4 is 11.9 Å². The Morgan fingerprint density at radius 1 is 1.25 bits per heavy atom. The summed E-state index contributed by atoms with van der Waals surface area (Å²) < 4.78 is 18.7. The summed E-state index contributed by atoms with van der Waals surface area (Å²) in [5, 5.41) is 0. The maximum absolute atomic E-state index is 13.2. The predicted octanol–water partition coefficient (Wildman–Crippen LogP) is 3.54. The molecular formula is C22H31FN2O3. The lowest BCUT2D eigenvalue weighted by Gasteiger charge is -2.30. The summed E-state index contributed by atoms with van der Waals surface area (Å²) in [4.78, 5) is 29.3. The van der Waals surface area contributed by atoms with E-state index >= 15 is 0 Å². The Kier molecular flexibility index (Phi) is 5.80. The maximum Gasteiger partial charge on any atom is 0.311 e. The van der Waals surface area contributed by atoms with Gasteiger partial charge in [0.15, 0.2) is 0 Å². The lowest BCUT2D eigenvalue weighted by atomic mass is 9.89. The second-order valence-corrected chi connectivity index (χ2v) is 9.08. The van der Waals surface area contributed by atoms with Crippen molar-refractivity contribution in [3.63, 3.8) is 0 Å². The van der Waals surface area contributed by atoms with Crippen molar-refractivity contribution in [3.8, 4) is 0 Å². The average Bonchev–Trinajstić information content (AvgIpc) is 3.16. The van der Waals surface area contributed by atoms with E-state index in [0.717, 1.165) is 24.8 Å². The summed E-state index contributed by atoms with van der Waals surface area (Å²) in [6, 6.07) is 6.45. The van der Waals surface area contributed by atoms with Crippen LogP contribution in [0.3, 0.4) is 0 Å². The second kappa shape index (κ2) is 7.82. The smallest absolute Gasteiger partial charge is 0.311 e. The zero-order valence-electron chi connectivity index (χ0n) is 17.4. The highest BCUT2D eigenvalue weighted by molar-refractivity contribution is 5.79. The first kappa shape index (κ1) is 20.8. The Balaban J connectivity index is 1.62. The second-order valence-electron chi connectivity index (χ2n) is 9.08. The Morgan fingerprint density at radius 3 is 2.50 bits per heavy atom. The van der Waals surface area contributed by atoms with E-state index in [9.17, 15) is 14.0 Å². The number of likely N-dealkylation sites (N-methyl/N-ethyl adjacent to an activating group) is 1. The Bertz CT molecular complexity index is 728. The molecule has 2 fully saturated rings. The van der Waals surface area contributed by atoms with Crippen LogP contribution in [0, 0.1) is 11.7 Å². The van der Waals surface area contributed by atoms with Crippen molar-refractivity contribution in [1.82, 2.24) is 9.80 Å². The fourth-order valence-corrected chi connectivity index (χ4v) is 4.43. The van der Waals surface area contributed by atoms with Gasteiger partial charge in [-0.25, -0.2) is 4.39 Å². The molecule has 1 amide bonds. The minimum atomic E-state index is -0.496. The van der Waals surface area contributed by atoms with Gasteiger partial charge >= 0.3 is 5.97 Å². The van der Waals surface area contributed by atoms with E-state index < -0.39 is 5.60 Å². The first-order valence-corrected chi connectivity index (χ1v) is 10.1. The Hall–Kier alpha value is -1.95. The van der Waals surface area contributed by atoms with Crippen LogP contribution < -0.4 is 0 Å². The fourth-order valence-electron chi connectivity index (χ4n) is 4.43. The first-order chi connectivity index (χ1) is 13.1. The molecule has 0 spiro atoms. The van der Waals surface area contributed by atoms with Crippen molar-refractivity contribution in [1.29, 1.82) is 0 Å². The van der Waals surface area contributed by atoms with E-state index in [1.165, 1.54) is 12.1 Å². The standard InChI is InChI=1S/C22H31FN2O3/c1-14(15-6-8-16(23)9-7-15)24(5)20(26)13-25-17-10-11-19(25)18(12-17)21(27)28-22(2,3)4/h6-9,14,17-19H,10-13H2,1-5H3/t14-,17+,18+,19+/m1/s1. The van der Waals surface area contributed by atoms with E-state index in [1.54, 1.807) is 24.1 Å². The number of ether oxygens (including phenoxy) is 1. The molecule has 1 aromatic rings. The van der Waals surface area contributed by atoms with Gasteiger partial charge in [0.1, 0.15) is 11.4 Å². The van der Waals surface area contributed by atoms with Crippen LogP contribution in [0.1, 0.15) is 58.6 Å². The van der Waals surface area contributed by atoms with Crippen LogP contribution in [0.2, 0.25) is 0 Å². The SMILES string of the molecule is C[C@H](c1ccc(F)cc1)N(C)C(=O)CN1[C@H]2CC[C@H]1[C@@H](C(=O)OC(C)(C)C)C2. The van der Waals surface area contributed by atoms with Crippen LogP contribution in [0.4, 0.5) is 4.39 Å². The lowest BCUT2D eigenvalue weighted by molar-refractivity contribution is -0.161. The number of carbonyl (C=O) groups is 2. The topological polar surface area (TPSA) is 49.9 Å².